The average molecular weight is 253 g/mol. The van der Waals surface area contributed by atoms with E-state index in [0.717, 1.165) is 3.70 Å². The number of nitrogens with zero attached hydrogens (tertiary/aromatic N) is 1. The number of halogens is 1. The van der Waals surface area contributed by atoms with Gasteiger partial charge < -0.3 is 4.90 Å². The van der Waals surface area contributed by atoms with Gasteiger partial charge in [-0.3, -0.25) is 0 Å². The van der Waals surface area contributed by atoms with Gasteiger partial charge in [0.1, 0.15) is 0 Å². The van der Waals surface area contributed by atoms with Crippen molar-refractivity contribution in [3.63, 3.8) is 0 Å². The van der Waals surface area contributed by atoms with Crippen molar-refractivity contribution < 1.29 is 0 Å². The Morgan fingerprint density at radius 2 is 1.50 bits per heavy atom. The van der Waals surface area contributed by atoms with E-state index in [2.05, 4.69) is 61.8 Å². The molecule has 0 rings (SSSR count). The molecule has 0 spiro atoms. The third-order valence-corrected chi connectivity index (χ3v) is 1.95. The van der Waals surface area contributed by atoms with Gasteiger partial charge in [0, 0.05) is 12.1 Å². The summed E-state index contributed by atoms with van der Waals surface area (Å²) in [5, 5.41) is 0. The van der Waals surface area contributed by atoms with Crippen LogP contribution in [0.2, 0.25) is 0 Å². The summed E-state index contributed by atoms with van der Waals surface area (Å²) in [6.07, 6.45) is 0. The molecule has 0 aromatic heterocycles. The van der Waals surface area contributed by atoms with E-state index in [0.29, 0.717) is 12.1 Å². The Labute approximate surface area is 77.6 Å². The maximum Gasteiger partial charge on any atom is 0.0689 e. The van der Waals surface area contributed by atoms with Crippen molar-refractivity contribution in [3.05, 3.63) is 10.3 Å². The first-order valence-corrected chi connectivity index (χ1v) is 4.67. The molecule has 0 aromatic carbocycles. The Hall–Kier alpha value is 0.270. The molecule has 1 nitrogen and oxygen atoms in total. The quantitative estimate of drug-likeness (QED) is 0.552. The largest absolute Gasteiger partial charge is 0.362 e. The first-order valence-electron chi connectivity index (χ1n) is 3.59. The van der Waals surface area contributed by atoms with E-state index in [4.69, 9.17) is 0 Å². The summed E-state index contributed by atoms with van der Waals surface area (Å²) in [6, 6.07) is 1.12. The van der Waals surface area contributed by atoms with Gasteiger partial charge >= 0.3 is 0 Å². The molecule has 0 heterocycles. The first-order chi connectivity index (χ1) is 4.46. The number of hydrogen-bond donors (Lipinski definition) is 0. The van der Waals surface area contributed by atoms with Gasteiger partial charge in [-0.15, -0.1) is 0 Å². The summed E-state index contributed by atoms with van der Waals surface area (Å²) in [4.78, 5) is 2.29. The molecular weight excluding hydrogens is 237 g/mol. The second kappa shape index (κ2) is 4.21. The van der Waals surface area contributed by atoms with Crippen molar-refractivity contribution in [1.82, 2.24) is 4.90 Å². The fraction of sp³-hybridized carbons (Fsp3) is 0.750. The van der Waals surface area contributed by atoms with Crippen molar-refractivity contribution in [2.75, 3.05) is 0 Å². The van der Waals surface area contributed by atoms with E-state index >= 15 is 0 Å². The van der Waals surface area contributed by atoms with Gasteiger partial charge in [-0.25, -0.2) is 0 Å². The summed E-state index contributed by atoms with van der Waals surface area (Å²) >= 11 is 2.27. The predicted molar refractivity (Wildman–Crippen MR) is 55.3 cm³/mol. The molecule has 60 valence electrons. The summed E-state index contributed by atoms with van der Waals surface area (Å²) in [7, 11) is 0. The van der Waals surface area contributed by atoms with Gasteiger partial charge in [-0.05, 0) is 50.3 Å². The highest BCUT2D eigenvalue weighted by Crippen LogP contribution is 2.17. The van der Waals surface area contributed by atoms with Gasteiger partial charge in [-0.2, -0.15) is 0 Å². The van der Waals surface area contributed by atoms with E-state index in [1.54, 1.807) is 0 Å². The van der Waals surface area contributed by atoms with Crippen molar-refractivity contribution in [3.8, 4) is 0 Å². The van der Waals surface area contributed by atoms with Crippen LogP contribution in [0, 0.1) is 0 Å². The molecule has 0 N–H and O–H groups in total. The smallest absolute Gasteiger partial charge is 0.0689 e. The number of rotatable bonds is 3. The van der Waals surface area contributed by atoms with Gasteiger partial charge in [0.15, 0.2) is 0 Å². The predicted octanol–water partition coefficient (Wildman–Crippen LogP) is 3.01. The van der Waals surface area contributed by atoms with Crippen molar-refractivity contribution in [2.45, 2.75) is 39.8 Å². The standard InChI is InChI=1S/C8H16IN/c1-6(2)10(7(3)4)8(5)9/h6-7H,5H2,1-4H3. The maximum absolute atomic E-state index is 3.91. The Balaban J connectivity index is 4.12. The fourth-order valence-electron chi connectivity index (χ4n) is 1.16. The minimum absolute atomic E-state index is 0.560. The van der Waals surface area contributed by atoms with Crippen molar-refractivity contribution in [1.29, 1.82) is 0 Å². The number of hydrogen-bond acceptors (Lipinski definition) is 1. The summed E-state index contributed by atoms with van der Waals surface area (Å²) in [5.74, 6) is 0. The summed E-state index contributed by atoms with van der Waals surface area (Å²) < 4.78 is 1.13. The van der Waals surface area contributed by atoms with E-state index in [9.17, 15) is 0 Å². The zero-order chi connectivity index (χ0) is 8.31. The Morgan fingerprint density at radius 1 is 1.20 bits per heavy atom. The molecule has 0 amide bonds. The zero-order valence-corrected chi connectivity index (χ0v) is 9.34. The molecule has 0 bridgehead atoms. The van der Waals surface area contributed by atoms with Crippen LogP contribution < -0.4 is 0 Å². The molecule has 2 heteroatoms. The second-order valence-corrected chi connectivity index (χ2v) is 4.22. The van der Waals surface area contributed by atoms with Crippen LogP contribution in [0.4, 0.5) is 0 Å². The van der Waals surface area contributed by atoms with Gasteiger partial charge in [0.2, 0.25) is 0 Å². The lowest BCUT2D eigenvalue weighted by Crippen LogP contribution is -2.33. The molecule has 0 aromatic rings. The fourth-order valence-corrected chi connectivity index (χ4v) is 2.27. The Kier molecular flexibility index (Phi) is 4.32. The van der Waals surface area contributed by atoms with E-state index in [1.807, 2.05) is 0 Å². The van der Waals surface area contributed by atoms with Crippen molar-refractivity contribution >= 4 is 22.6 Å². The topological polar surface area (TPSA) is 3.24 Å². The molecule has 0 aliphatic carbocycles. The van der Waals surface area contributed by atoms with Crippen LogP contribution in [0.3, 0.4) is 0 Å². The van der Waals surface area contributed by atoms with E-state index < -0.39 is 0 Å². The van der Waals surface area contributed by atoms with Crippen LogP contribution in [0.5, 0.6) is 0 Å². The van der Waals surface area contributed by atoms with Crippen molar-refractivity contribution in [2.24, 2.45) is 0 Å². The molecule has 0 radical (unpaired) electrons. The molecule has 0 atom stereocenters. The molecular formula is C8H16IN. The Bertz CT molecular complexity index is 110. The van der Waals surface area contributed by atoms with Gasteiger partial charge in [0.25, 0.3) is 0 Å². The van der Waals surface area contributed by atoms with Gasteiger partial charge in [0.05, 0.1) is 3.70 Å². The highest BCUT2D eigenvalue weighted by atomic mass is 127. The summed E-state index contributed by atoms with van der Waals surface area (Å²) in [5.41, 5.74) is 0. The SMILES string of the molecule is C=C(I)N(C(C)C)C(C)C. The van der Waals surface area contributed by atoms with Crippen LogP contribution in [-0.2, 0) is 0 Å². The monoisotopic (exact) mass is 253 g/mol. The van der Waals surface area contributed by atoms with Gasteiger partial charge in [-0.1, -0.05) is 6.58 Å². The van der Waals surface area contributed by atoms with Crippen LogP contribution in [0.25, 0.3) is 0 Å². The van der Waals surface area contributed by atoms with Crippen LogP contribution in [-0.4, -0.2) is 17.0 Å². The normalized spacial score (nSPS) is 10.7. The second-order valence-electron chi connectivity index (χ2n) is 2.97. The Morgan fingerprint density at radius 3 is 1.50 bits per heavy atom. The van der Waals surface area contributed by atoms with Crippen LogP contribution in [0.15, 0.2) is 10.3 Å². The molecule has 10 heavy (non-hydrogen) atoms. The highest BCUT2D eigenvalue weighted by molar-refractivity contribution is 14.1. The average Bonchev–Trinajstić information content (AvgIpc) is 1.59. The van der Waals surface area contributed by atoms with E-state index in [1.165, 1.54) is 0 Å². The molecule has 0 unspecified atom stereocenters. The molecule has 0 fully saturated rings. The lowest BCUT2D eigenvalue weighted by molar-refractivity contribution is 0.253. The molecule has 0 aliphatic rings. The third kappa shape index (κ3) is 2.90. The third-order valence-electron chi connectivity index (χ3n) is 1.39. The lowest BCUT2D eigenvalue weighted by atomic mass is 10.2. The summed E-state index contributed by atoms with van der Waals surface area (Å²) in [6.45, 7) is 12.6. The molecule has 0 saturated carbocycles. The van der Waals surface area contributed by atoms with Crippen LogP contribution >= 0.6 is 22.6 Å². The lowest BCUT2D eigenvalue weighted by Gasteiger charge is -2.31. The highest BCUT2D eigenvalue weighted by Gasteiger charge is 2.11. The minimum Gasteiger partial charge on any atom is -0.362 e. The molecule has 0 aliphatic heterocycles. The minimum atomic E-state index is 0.560. The van der Waals surface area contributed by atoms with Crippen LogP contribution in [0.1, 0.15) is 27.7 Å². The van der Waals surface area contributed by atoms with E-state index in [-0.39, 0.29) is 0 Å². The zero-order valence-electron chi connectivity index (χ0n) is 7.19. The first kappa shape index (κ1) is 10.3. The maximum atomic E-state index is 3.91. The molecule has 0 saturated heterocycles.